The van der Waals surface area contributed by atoms with Crippen LogP contribution >= 0.6 is 0 Å². The summed E-state index contributed by atoms with van der Waals surface area (Å²) in [7, 11) is 0. The monoisotopic (exact) mass is 140 g/mol. The molecule has 0 radical (unpaired) electrons. The summed E-state index contributed by atoms with van der Waals surface area (Å²) in [6.45, 7) is 1.87. The van der Waals surface area contributed by atoms with Crippen molar-refractivity contribution in [1.29, 1.82) is 0 Å². The maximum Gasteiger partial charge on any atom is 0.146 e. The number of Topliss-reactive ketones (excluding diaryl/α,β-unsaturated/α-hetero) is 1. The highest BCUT2D eigenvalue weighted by atomic mass is 16.1. The maximum absolute atomic E-state index is 11.1. The third kappa shape index (κ3) is 1.43. The van der Waals surface area contributed by atoms with Gasteiger partial charge in [-0.1, -0.05) is 6.92 Å². The van der Waals surface area contributed by atoms with Gasteiger partial charge in [0.15, 0.2) is 0 Å². The summed E-state index contributed by atoms with van der Waals surface area (Å²) in [6.07, 6.45) is 3.45. The van der Waals surface area contributed by atoms with Crippen molar-refractivity contribution in [2.75, 3.05) is 0 Å². The van der Waals surface area contributed by atoms with Gasteiger partial charge in [-0.3, -0.25) is 4.79 Å². The number of hydrogen-bond donors (Lipinski definition) is 0. The number of aldehydes is 1. The van der Waals surface area contributed by atoms with E-state index >= 15 is 0 Å². The lowest BCUT2D eigenvalue weighted by molar-refractivity contribution is -0.128. The molecule has 0 amide bonds. The number of carbonyl (C=O) groups excluding carboxylic acids is 2. The van der Waals surface area contributed by atoms with Gasteiger partial charge in [0.1, 0.15) is 12.1 Å². The second-order valence-electron chi connectivity index (χ2n) is 2.83. The van der Waals surface area contributed by atoms with Gasteiger partial charge in [0.2, 0.25) is 0 Å². The van der Waals surface area contributed by atoms with Crippen molar-refractivity contribution in [1.82, 2.24) is 0 Å². The van der Waals surface area contributed by atoms with Crippen LogP contribution in [0.3, 0.4) is 0 Å². The van der Waals surface area contributed by atoms with Crippen molar-refractivity contribution >= 4 is 12.1 Å². The van der Waals surface area contributed by atoms with Crippen LogP contribution in [-0.2, 0) is 9.59 Å². The van der Waals surface area contributed by atoms with Crippen LogP contribution in [0.15, 0.2) is 0 Å². The summed E-state index contributed by atoms with van der Waals surface area (Å²) in [5.41, 5.74) is 0. The van der Waals surface area contributed by atoms with Gasteiger partial charge >= 0.3 is 0 Å². The zero-order valence-corrected chi connectivity index (χ0v) is 6.17. The Morgan fingerprint density at radius 2 is 2.30 bits per heavy atom. The normalized spacial score (nSPS) is 20.1. The minimum atomic E-state index is -0.313. The first-order chi connectivity index (χ1) is 4.79. The van der Waals surface area contributed by atoms with E-state index in [0.29, 0.717) is 6.42 Å². The van der Waals surface area contributed by atoms with Gasteiger partial charge in [0.25, 0.3) is 0 Å². The molecule has 0 spiro atoms. The van der Waals surface area contributed by atoms with Crippen molar-refractivity contribution in [3.8, 4) is 0 Å². The first-order valence-corrected chi connectivity index (χ1v) is 3.78. The van der Waals surface area contributed by atoms with Gasteiger partial charge < -0.3 is 4.79 Å². The first kappa shape index (κ1) is 7.45. The Labute approximate surface area is 60.6 Å². The Balaban J connectivity index is 2.42. The second-order valence-corrected chi connectivity index (χ2v) is 2.83. The molecule has 56 valence electrons. The molecule has 1 aliphatic rings. The number of hydrogen-bond acceptors (Lipinski definition) is 2. The maximum atomic E-state index is 11.1. The lowest BCUT2D eigenvalue weighted by Gasteiger charge is -2.02. The van der Waals surface area contributed by atoms with Crippen molar-refractivity contribution in [3.05, 3.63) is 0 Å². The zero-order valence-electron chi connectivity index (χ0n) is 6.17. The van der Waals surface area contributed by atoms with Gasteiger partial charge in [0, 0.05) is 5.92 Å². The fraction of sp³-hybridized carbons (Fsp3) is 0.750. The molecule has 1 atom stereocenters. The molecule has 1 unspecified atom stereocenters. The van der Waals surface area contributed by atoms with Crippen LogP contribution < -0.4 is 0 Å². The predicted molar refractivity (Wildman–Crippen MR) is 37.6 cm³/mol. The van der Waals surface area contributed by atoms with Crippen LogP contribution in [-0.4, -0.2) is 12.1 Å². The zero-order chi connectivity index (χ0) is 7.56. The molecule has 0 aromatic carbocycles. The fourth-order valence-corrected chi connectivity index (χ4v) is 1.04. The molecule has 0 N–H and O–H groups in total. The highest BCUT2D eigenvalue weighted by Gasteiger charge is 2.33. The van der Waals surface area contributed by atoms with Crippen molar-refractivity contribution < 1.29 is 9.59 Å². The van der Waals surface area contributed by atoms with E-state index < -0.39 is 0 Å². The molecule has 2 heteroatoms. The molecular formula is C8H12O2. The van der Waals surface area contributed by atoms with Gasteiger partial charge in [-0.2, -0.15) is 0 Å². The second kappa shape index (κ2) is 2.95. The average Bonchev–Trinajstić information content (AvgIpc) is 2.71. The highest BCUT2D eigenvalue weighted by molar-refractivity contribution is 5.95. The van der Waals surface area contributed by atoms with Gasteiger partial charge in [0.05, 0.1) is 5.92 Å². The van der Waals surface area contributed by atoms with E-state index in [2.05, 4.69) is 0 Å². The van der Waals surface area contributed by atoms with E-state index in [4.69, 9.17) is 0 Å². The van der Waals surface area contributed by atoms with Crippen LogP contribution in [0.1, 0.15) is 26.2 Å². The molecule has 0 aromatic heterocycles. The van der Waals surface area contributed by atoms with Crippen molar-refractivity contribution in [2.24, 2.45) is 11.8 Å². The lowest BCUT2D eigenvalue weighted by atomic mass is 10.00. The molecule has 0 heterocycles. The molecule has 0 bridgehead atoms. The van der Waals surface area contributed by atoms with Gasteiger partial charge in [-0.25, -0.2) is 0 Å². The van der Waals surface area contributed by atoms with E-state index in [1.165, 1.54) is 0 Å². The first-order valence-electron chi connectivity index (χ1n) is 3.78. The predicted octanol–water partition coefficient (Wildman–Crippen LogP) is 1.19. The summed E-state index contributed by atoms with van der Waals surface area (Å²) in [4.78, 5) is 21.4. The van der Waals surface area contributed by atoms with Crippen LogP contribution in [0.5, 0.6) is 0 Å². The topological polar surface area (TPSA) is 34.1 Å². The summed E-state index contributed by atoms with van der Waals surface area (Å²) >= 11 is 0. The smallest absolute Gasteiger partial charge is 0.146 e. The van der Waals surface area contributed by atoms with Crippen LogP contribution in [0.25, 0.3) is 0 Å². The number of carbonyl (C=O) groups is 2. The largest absolute Gasteiger partial charge is 0.303 e. The fourth-order valence-electron chi connectivity index (χ4n) is 1.04. The molecule has 1 saturated carbocycles. The van der Waals surface area contributed by atoms with Crippen LogP contribution in [0.4, 0.5) is 0 Å². The minimum Gasteiger partial charge on any atom is -0.303 e. The van der Waals surface area contributed by atoms with Crippen molar-refractivity contribution in [2.45, 2.75) is 26.2 Å². The number of rotatable bonds is 4. The highest BCUT2D eigenvalue weighted by Crippen LogP contribution is 2.32. The van der Waals surface area contributed by atoms with E-state index in [-0.39, 0.29) is 17.6 Å². The summed E-state index contributed by atoms with van der Waals surface area (Å²) < 4.78 is 0. The molecule has 0 aliphatic heterocycles. The standard InChI is InChI=1S/C8H12O2/c1-2-6(5-9)8(10)7-3-4-7/h5-7H,2-4H2,1H3. The Morgan fingerprint density at radius 3 is 2.60 bits per heavy atom. The third-order valence-electron chi connectivity index (χ3n) is 1.95. The SMILES string of the molecule is CCC(C=O)C(=O)C1CC1. The number of ketones is 1. The molecule has 1 fully saturated rings. The van der Waals surface area contributed by atoms with E-state index in [0.717, 1.165) is 19.1 Å². The molecule has 1 rings (SSSR count). The molecule has 0 saturated heterocycles. The Morgan fingerprint density at radius 1 is 1.70 bits per heavy atom. The molecule has 0 aromatic rings. The Bertz CT molecular complexity index is 147. The molecule has 10 heavy (non-hydrogen) atoms. The Hall–Kier alpha value is -0.660. The summed E-state index contributed by atoms with van der Waals surface area (Å²) in [5, 5.41) is 0. The van der Waals surface area contributed by atoms with E-state index in [1.807, 2.05) is 6.92 Å². The lowest BCUT2D eigenvalue weighted by Crippen LogP contribution is -2.16. The summed E-state index contributed by atoms with van der Waals surface area (Å²) in [5.74, 6) is 0.0835. The Kier molecular flexibility index (Phi) is 2.20. The minimum absolute atomic E-state index is 0.164. The van der Waals surface area contributed by atoms with Gasteiger partial charge in [-0.05, 0) is 19.3 Å². The molecule has 2 nitrogen and oxygen atoms in total. The van der Waals surface area contributed by atoms with Crippen molar-refractivity contribution in [3.63, 3.8) is 0 Å². The van der Waals surface area contributed by atoms with Crippen LogP contribution in [0.2, 0.25) is 0 Å². The third-order valence-corrected chi connectivity index (χ3v) is 1.95. The quantitative estimate of drug-likeness (QED) is 0.434. The summed E-state index contributed by atoms with van der Waals surface area (Å²) in [6, 6.07) is 0. The van der Waals surface area contributed by atoms with E-state index in [9.17, 15) is 9.59 Å². The average molecular weight is 140 g/mol. The van der Waals surface area contributed by atoms with Gasteiger partial charge in [-0.15, -0.1) is 0 Å². The van der Waals surface area contributed by atoms with E-state index in [1.54, 1.807) is 0 Å². The molecule has 1 aliphatic carbocycles. The molecular weight excluding hydrogens is 128 g/mol. The van der Waals surface area contributed by atoms with Crippen LogP contribution in [0, 0.1) is 11.8 Å².